The summed E-state index contributed by atoms with van der Waals surface area (Å²) in [5.41, 5.74) is -3.26. The summed E-state index contributed by atoms with van der Waals surface area (Å²) in [6, 6.07) is 54.3. The second-order valence-electron chi connectivity index (χ2n) is 14.2. The van der Waals surface area contributed by atoms with Crippen LogP contribution in [0.15, 0.2) is 140 Å². The zero-order valence-corrected chi connectivity index (χ0v) is 36.5. The van der Waals surface area contributed by atoms with E-state index in [1.165, 1.54) is 21.2 Å². The zero-order valence-electron chi connectivity index (χ0n) is 31.7. The summed E-state index contributed by atoms with van der Waals surface area (Å²) in [7, 11) is -7.62. The minimum absolute atomic E-state index is 0. The molecule has 1 N–H and O–H groups in total. The smallest absolute Gasteiger partial charge is 0.348 e. The van der Waals surface area contributed by atoms with Gasteiger partial charge < -0.3 is 18.9 Å². The Morgan fingerprint density at radius 1 is 0.596 bits per heavy atom. The van der Waals surface area contributed by atoms with Crippen molar-refractivity contribution in [2.75, 3.05) is 13.2 Å². The maximum absolute atomic E-state index is 10.7. The van der Waals surface area contributed by atoms with E-state index in [0.29, 0.717) is 13.2 Å². The van der Waals surface area contributed by atoms with Gasteiger partial charge in [-0.2, -0.15) is 57.0 Å². The van der Waals surface area contributed by atoms with E-state index in [2.05, 4.69) is 146 Å². The largest absolute Gasteiger partial charge is 0.522 e. The molecular weight excluding hydrogens is 975 g/mol. The molecule has 2 aliphatic rings. The van der Waals surface area contributed by atoms with Gasteiger partial charge in [0.15, 0.2) is 11.6 Å². The number of hydrogen-bond acceptors (Lipinski definition) is 6. The monoisotopic (exact) mass is 1020 g/mol. The van der Waals surface area contributed by atoms with E-state index in [0.717, 1.165) is 11.1 Å². The van der Waals surface area contributed by atoms with Crippen LogP contribution < -0.4 is 21.2 Å². The molecule has 7 rings (SSSR count). The molecule has 0 radical (unpaired) electrons. The number of halogens is 3. The van der Waals surface area contributed by atoms with Gasteiger partial charge in [-0.25, -0.2) is 0 Å². The molecule has 2 fully saturated rings. The van der Waals surface area contributed by atoms with Gasteiger partial charge in [0.25, 0.3) is 0 Å². The number of alkyl halides is 3. The summed E-state index contributed by atoms with van der Waals surface area (Å²) >= 11 is 0. The van der Waals surface area contributed by atoms with Gasteiger partial charge in [-0.15, -0.1) is 0 Å². The fourth-order valence-electron chi connectivity index (χ4n) is 6.90. The van der Waals surface area contributed by atoms with Gasteiger partial charge in [-0.3, -0.25) is 4.55 Å². The van der Waals surface area contributed by atoms with Gasteiger partial charge in [0.05, 0.1) is 25.4 Å². The molecule has 5 aromatic rings. The molecule has 14 heteroatoms. The van der Waals surface area contributed by atoms with Gasteiger partial charge >= 0.3 is 15.6 Å². The van der Waals surface area contributed by atoms with E-state index in [1.807, 2.05) is 27.7 Å². The van der Waals surface area contributed by atoms with Crippen molar-refractivity contribution in [3.05, 3.63) is 157 Å². The van der Waals surface area contributed by atoms with Crippen molar-refractivity contribution in [1.82, 2.24) is 0 Å². The van der Waals surface area contributed by atoms with E-state index in [-0.39, 0.29) is 44.6 Å². The molecule has 4 atom stereocenters. The van der Waals surface area contributed by atoms with Crippen LogP contribution in [0.4, 0.5) is 13.2 Å². The first-order valence-corrected chi connectivity index (χ1v) is 22.3. The van der Waals surface area contributed by atoms with Crippen LogP contribution in [-0.2, 0) is 50.1 Å². The summed E-state index contributed by atoms with van der Waals surface area (Å²) in [4.78, 5) is 0. The summed E-state index contributed by atoms with van der Waals surface area (Å²) in [6.07, 6.45) is -0.294. The predicted octanol–water partition coefficient (Wildman–Crippen LogP) is 8.53. The van der Waals surface area contributed by atoms with Crippen LogP contribution in [0.1, 0.15) is 50.1 Å². The van der Waals surface area contributed by atoms with E-state index in [1.54, 1.807) is 0 Å². The van der Waals surface area contributed by atoms with Crippen molar-refractivity contribution in [3.8, 4) is 0 Å². The van der Waals surface area contributed by atoms with Crippen LogP contribution in [0.5, 0.6) is 0 Å². The van der Waals surface area contributed by atoms with Crippen LogP contribution in [0.3, 0.4) is 0 Å². The molecule has 57 heavy (non-hydrogen) atoms. The predicted molar refractivity (Wildman–Crippen MR) is 216 cm³/mol. The Hall–Kier alpha value is -2.81. The number of benzene rings is 5. The van der Waals surface area contributed by atoms with Crippen LogP contribution in [0, 0.1) is 6.07 Å². The van der Waals surface area contributed by atoms with Gasteiger partial charge in [-0.05, 0) is 64.8 Å². The Morgan fingerprint density at radius 2 is 0.877 bits per heavy atom. The summed E-state index contributed by atoms with van der Waals surface area (Å²) < 4.78 is 83.5. The minimum atomic E-state index is -5.84. The van der Waals surface area contributed by atoms with Crippen LogP contribution >= 0.6 is 15.8 Å². The quantitative estimate of drug-likeness (QED) is 0.0650. The Balaban J connectivity index is 0.000000625. The maximum Gasteiger partial charge on any atom is 0.522 e. The summed E-state index contributed by atoms with van der Waals surface area (Å²) in [5, 5.41) is 5.21. The molecule has 0 amide bonds. The first-order chi connectivity index (χ1) is 26.5. The van der Waals surface area contributed by atoms with E-state index in [9.17, 15) is 13.2 Å². The molecule has 0 bridgehead atoms. The third-order valence-electron chi connectivity index (χ3n) is 9.23. The number of ether oxygens (including phenoxy) is 4. The third-order valence-corrected chi connectivity index (χ3v) is 15.6. The SMILES string of the molecule is CC1(C)OC[C@@H]([C@@H](c2[c-]c([C@H]([C@@H]3COC(C)(C)O3)P(c3ccccc3)c3ccccc3)ccc2)P(c2ccccc2)c2ccccc2)O1.O=S(=O)(O)C(F)(F)F.[Pt]. The van der Waals surface area contributed by atoms with E-state index in [4.69, 9.17) is 31.9 Å². The fraction of sp³-hybridized carbons (Fsp3) is 0.302. The molecule has 306 valence electrons. The van der Waals surface area contributed by atoms with Crippen molar-refractivity contribution in [1.29, 1.82) is 0 Å². The average Bonchev–Trinajstić information content (AvgIpc) is 3.73. The second kappa shape index (κ2) is 19.1. The third kappa shape index (κ3) is 11.5. The van der Waals surface area contributed by atoms with Crippen LogP contribution in [0.25, 0.3) is 0 Å². The molecule has 0 spiro atoms. The van der Waals surface area contributed by atoms with Crippen molar-refractivity contribution in [2.24, 2.45) is 0 Å². The van der Waals surface area contributed by atoms with Gasteiger partial charge in [0.1, 0.15) is 0 Å². The molecule has 2 saturated heterocycles. The summed E-state index contributed by atoms with van der Waals surface area (Å²) in [6.45, 7) is 9.09. The zero-order chi connectivity index (χ0) is 40.1. The second-order valence-corrected chi connectivity index (χ2v) is 20.3. The molecule has 0 aromatic heterocycles. The van der Waals surface area contributed by atoms with Crippen LogP contribution in [-0.4, -0.2) is 55.5 Å². The van der Waals surface area contributed by atoms with Gasteiger partial charge in [-0.1, -0.05) is 121 Å². The Kier molecular flexibility index (Phi) is 15.1. The normalized spacial score (nSPS) is 20.0. The molecule has 7 nitrogen and oxygen atoms in total. The Labute approximate surface area is 349 Å². The van der Waals surface area contributed by atoms with Crippen molar-refractivity contribution < 1.29 is 66.2 Å². The van der Waals surface area contributed by atoms with Crippen LogP contribution in [0.2, 0.25) is 0 Å². The molecule has 5 aromatic carbocycles. The minimum Gasteiger partial charge on any atom is -0.348 e. The summed E-state index contributed by atoms with van der Waals surface area (Å²) in [5.74, 6) is -1.32. The van der Waals surface area contributed by atoms with Crippen molar-refractivity contribution >= 4 is 47.2 Å². The number of rotatable bonds is 10. The standard InChI is InChI=1S/C42H43O4P2.CHF3O3S.Pt/c1-41(2)43-29-37(45-41)39(47(33-20-9-5-10-21-33)34-22-11-6-12-23-34)31-18-17-19-32(28-31)40(38-30-44-42(3,4)46-38)48(35-24-13-7-14-25-35)36-26-15-8-16-27-36;2-1(3,4)8(5,6)7;/h5-27,37-40H,29-30H2,1-4H3;(H,5,6,7);/q-1;;/t37-,38-,39+,40+;;/m0../s1. The first-order valence-electron chi connectivity index (χ1n) is 18.0. The molecule has 2 aliphatic heterocycles. The molecule has 0 unspecified atom stereocenters. The first kappa shape index (κ1) is 45.3. The topological polar surface area (TPSA) is 91.3 Å². The van der Waals surface area contributed by atoms with Crippen molar-refractivity contribution in [3.63, 3.8) is 0 Å². The molecule has 0 aliphatic carbocycles. The van der Waals surface area contributed by atoms with Crippen molar-refractivity contribution in [2.45, 2.75) is 68.3 Å². The average molecular weight is 1020 g/mol. The fourth-order valence-corrected chi connectivity index (χ4v) is 12.6. The molecular formula is C43H44F3O7P2PtS-. The van der Waals surface area contributed by atoms with Gasteiger partial charge in [0.2, 0.25) is 0 Å². The maximum atomic E-state index is 10.7. The van der Waals surface area contributed by atoms with E-state index >= 15 is 0 Å². The van der Waals surface area contributed by atoms with E-state index < -0.39 is 43.0 Å². The number of hydrogen-bond donors (Lipinski definition) is 1. The van der Waals surface area contributed by atoms with Gasteiger partial charge in [0, 0.05) is 32.4 Å². The Morgan fingerprint density at radius 3 is 1.11 bits per heavy atom. The Bertz CT molecular complexity index is 1930. The molecule has 0 saturated carbocycles. The molecule has 2 heterocycles.